The zero-order chi connectivity index (χ0) is 11.4. The molecule has 15 heavy (non-hydrogen) atoms. The van der Waals surface area contributed by atoms with Crippen LogP contribution in [0.25, 0.3) is 0 Å². The molecular formula is C12H17ClIN. The van der Waals surface area contributed by atoms with E-state index in [-0.39, 0.29) is 0 Å². The zero-order valence-electron chi connectivity index (χ0n) is 9.35. The van der Waals surface area contributed by atoms with Crippen molar-refractivity contribution in [3.8, 4) is 0 Å². The molecule has 0 radical (unpaired) electrons. The van der Waals surface area contributed by atoms with Crippen molar-refractivity contribution in [1.29, 1.82) is 0 Å². The normalized spacial score (nSPS) is 12.9. The highest BCUT2D eigenvalue weighted by atomic mass is 127. The predicted octanol–water partition coefficient (Wildman–Crippen LogP) is 4.79. The first-order valence-electron chi connectivity index (χ1n) is 5.20. The molecule has 0 bridgehead atoms. The highest BCUT2D eigenvalue weighted by molar-refractivity contribution is 14.1. The minimum absolute atomic E-state index is 0.461. The number of hydrogen-bond donors (Lipinski definition) is 1. The maximum atomic E-state index is 6.14. The Balaban J connectivity index is 2.64. The van der Waals surface area contributed by atoms with Gasteiger partial charge in [-0.2, -0.15) is 0 Å². The molecule has 1 unspecified atom stereocenters. The molecule has 1 atom stereocenters. The standard InChI is InChI=1S/C12H17ClIN/c1-8(2)6-9(3)15-12-5-4-10(14)7-11(12)13/h4-5,7-9,15H,6H2,1-3H3. The van der Waals surface area contributed by atoms with Gasteiger partial charge in [0.25, 0.3) is 0 Å². The van der Waals surface area contributed by atoms with Crippen LogP contribution in [-0.4, -0.2) is 6.04 Å². The monoisotopic (exact) mass is 337 g/mol. The lowest BCUT2D eigenvalue weighted by atomic mass is 10.1. The maximum Gasteiger partial charge on any atom is 0.0648 e. The fourth-order valence-electron chi connectivity index (χ4n) is 1.64. The highest BCUT2D eigenvalue weighted by Crippen LogP contribution is 2.25. The van der Waals surface area contributed by atoms with Crippen LogP contribution >= 0.6 is 34.2 Å². The maximum absolute atomic E-state index is 6.14. The Kier molecular flexibility index (Phi) is 5.19. The van der Waals surface area contributed by atoms with Gasteiger partial charge in [-0.25, -0.2) is 0 Å². The number of benzene rings is 1. The summed E-state index contributed by atoms with van der Waals surface area (Å²) in [6.45, 7) is 6.65. The Morgan fingerprint density at radius 2 is 2.00 bits per heavy atom. The van der Waals surface area contributed by atoms with E-state index in [4.69, 9.17) is 11.6 Å². The van der Waals surface area contributed by atoms with Crippen LogP contribution in [0.3, 0.4) is 0 Å². The molecule has 0 aromatic heterocycles. The van der Waals surface area contributed by atoms with E-state index in [1.54, 1.807) is 0 Å². The number of hydrogen-bond acceptors (Lipinski definition) is 1. The summed E-state index contributed by atoms with van der Waals surface area (Å²) in [6.07, 6.45) is 1.16. The Morgan fingerprint density at radius 3 is 2.53 bits per heavy atom. The molecule has 0 spiro atoms. The van der Waals surface area contributed by atoms with Crippen molar-refractivity contribution in [3.63, 3.8) is 0 Å². The first-order valence-corrected chi connectivity index (χ1v) is 6.66. The molecule has 0 aliphatic carbocycles. The molecular weight excluding hydrogens is 320 g/mol. The molecule has 1 nitrogen and oxygen atoms in total. The summed E-state index contributed by atoms with van der Waals surface area (Å²) < 4.78 is 1.17. The van der Waals surface area contributed by atoms with E-state index in [1.807, 2.05) is 12.1 Å². The summed E-state index contributed by atoms with van der Waals surface area (Å²) in [7, 11) is 0. The van der Waals surface area contributed by atoms with Crippen molar-refractivity contribution in [2.45, 2.75) is 33.2 Å². The fraction of sp³-hybridized carbons (Fsp3) is 0.500. The average molecular weight is 338 g/mol. The van der Waals surface area contributed by atoms with Crippen LogP contribution in [-0.2, 0) is 0 Å². The minimum atomic E-state index is 0.461. The molecule has 1 aromatic carbocycles. The summed E-state index contributed by atoms with van der Waals surface area (Å²) >= 11 is 8.41. The molecule has 0 fully saturated rings. The van der Waals surface area contributed by atoms with Crippen molar-refractivity contribution in [3.05, 3.63) is 26.8 Å². The number of nitrogens with one attached hydrogen (secondary N) is 1. The van der Waals surface area contributed by atoms with E-state index in [0.29, 0.717) is 12.0 Å². The molecule has 0 aliphatic heterocycles. The molecule has 3 heteroatoms. The second-order valence-corrected chi connectivity index (χ2v) is 5.95. The van der Waals surface area contributed by atoms with Crippen LogP contribution in [0, 0.1) is 9.49 Å². The molecule has 0 amide bonds. The van der Waals surface area contributed by atoms with E-state index in [2.05, 4.69) is 54.7 Å². The smallest absolute Gasteiger partial charge is 0.0648 e. The van der Waals surface area contributed by atoms with Crippen LogP contribution in [0.4, 0.5) is 5.69 Å². The van der Waals surface area contributed by atoms with Gasteiger partial charge in [0.2, 0.25) is 0 Å². The summed E-state index contributed by atoms with van der Waals surface area (Å²) in [6, 6.07) is 6.55. The van der Waals surface area contributed by atoms with Gasteiger partial charge >= 0.3 is 0 Å². The summed E-state index contributed by atoms with van der Waals surface area (Å²) in [5, 5.41) is 4.24. The van der Waals surface area contributed by atoms with E-state index in [0.717, 1.165) is 17.1 Å². The molecule has 1 aromatic rings. The molecule has 1 rings (SSSR count). The molecule has 0 aliphatic rings. The van der Waals surface area contributed by atoms with Gasteiger partial charge in [0.1, 0.15) is 0 Å². The molecule has 84 valence electrons. The quantitative estimate of drug-likeness (QED) is 0.779. The average Bonchev–Trinajstić information content (AvgIpc) is 2.08. The second kappa shape index (κ2) is 5.94. The van der Waals surface area contributed by atoms with Crippen LogP contribution < -0.4 is 5.32 Å². The van der Waals surface area contributed by atoms with Crippen molar-refractivity contribution >= 4 is 39.9 Å². The minimum Gasteiger partial charge on any atom is -0.381 e. The zero-order valence-corrected chi connectivity index (χ0v) is 12.3. The Labute approximate surface area is 111 Å². The fourth-order valence-corrected chi connectivity index (χ4v) is 2.55. The topological polar surface area (TPSA) is 12.0 Å². The lowest BCUT2D eigenvalue weighted by Gasteiger charge is -2.18. The van der Waals surface area contributed by atoms with Gasteiger partial charge in [0.15, 0.2) is 0 Å². The Bertz CT molecular complexity index is 325. The van der Waals surface area contributed by atoms with Gasteiger partial charge in [-0.3, -0.25) is 0 Å². The SMILES string of the molecule is CC(C)CC(C)Nc1ccc(I)cc1Cl. The molecule has 0 heterocycles. The number of rotatable bonds is 4. The van der Waals surface area contributed by atoms with Gasteiger partial charge in [-0.1, -0.05) is 25.4 Å². The Hall–Kier alpha value is 0.0400. The van der Waals surface area contributed by atoms with Crippen LogP contribution in [0.2, 0.25) is 5.02 Å². The van der Waals surface area contributed by atoms with Crippen molar-refractivity contribution in [2.24, 2.45) is 5.92 Å². The first-order chi connectivity index (χ1) is 6.99. The lowest BCUT2D eigenvalue weighted by molar-refractivity contribution is 0.540. The van der Waals surface area contributed by atoms with Crippen molar-refractivity contribution in [1.82, 2.24) is 0 Å². The van der Waals surface area contributed by atoms with Crippen molar-refractivity contribution in [2.75, 3.05) is 5.32 Å². The number of halogens is 2. The van der Waals surface area contributed by atoms with Crippen LogP contribution in [0.1, 0.15) is 27.2 Å². The van der Waals surface area contributed by atoms with Crippen molar-refractivity contribution < 1.29 is 0 Å². The molecule has 0 saturated carbocycles. The third kappa shape index (κ3) is 4.60. The van der Waals surface area contributed by atoms with E-state index < -0.39 is 0 Å². The van der Waals surface area contributed by atoms with Crippen LogP contribution in [0.5, 0.6) is 0 Å². The summed E-state index contributed by atoms with van der Waals surface area (Å²) in [5.41, 5.74) is 1.03. The van der Waals surface area contributed by atoms with E-state index in [9.17, 15) is 0 Å². The first kappa shape index (κ1) is 13.1. The van der Waals surface area contributed by atoms with Crippen LogP contribution in [0.15, 0.2) is 18.2 Å². The largest absolute Gasteiger partial charge is 0.381 e. The highest BCUT2D eigenvalue weighted by Gasteiger charge is 2.07. The number of anilines is 1. The molecule has 0 saturated heterocycles. The lowest BCUT2D eigenvalue weighted by Crippen LogP contribution is -2.17. The van der Waals surface area contributed by atoms with Gasteiger partial charge in [-0.15, -0.1) is 0 Å². The van der Waals surface area contributed by atoms with E-state index in [1.165, 1.54) is 3.57 Å². The van der Waals surface area contributed by atoms with Gasteiger partial charge in [-0.05, 0) is 60.1 Å². The summed E-state index contributed by atoms with van der Waals surface area (Å²) in [4.78, 5) is 0. The third-order valence-corrected chi connectivity index (χ3v) is 3.14. The molecule has 1 N–H and O–H groups in total. The Morgan fingerprint density at radius 1 is 1.33 bits per heavy atom. The summed E-state index contributed by atoms with van der Waals surface area (Å²) in [5.74, 6) is 0.704. The van der Waals surface area contributed by atoms with Gasteiger partial charge < -0.3 is 5.32 Å². The van der Waals surface area contributed by atoms with Gasteiger partial charge in [0, 0.05) is 9.61 Å². The van der Waals surface area contributed by atoms with Gasteiger partial charge in [0.05, 0.1) is 10.7 Å². The predicted molar refractivity (Wildman–Crippen MR) is 76.7 cm³/mol. The third-order valence-electron chi connectivity index (χ3n) is 2.16. The second-order valence-electron chi connectivity index (χ2n) is 4.30. The van der Waals surface area contributed by atoms with E-state index >= 15 is 0 Å².